The number of ether oxygens (including phenoxy) is 1. The number of carbonyl (C=O) groups excluding carboxylic acids is 1. The van der Waals surface area contributed by atoms with Crippen molar-refractivity contribution in [2.45, 2.75) is 36.8 Å². The average Bonchev–Trinajstić information content (AvgIpc) is 2.77. The molecule has 1 N–H and O–H groups in total. The van der Waals surface area contributed by atoms with Crippen molar-refractivity contribution >= 4 is 34.1 Å². The lowest BCUT2D eigenvalue weighted by Crippen LogP contribution is -2.20. The van der Waals surface area contributed by atoms with E-state index in [0.717, 1.165) is 36.0 Å². The van der Waals surface area contributed by atoms with Gasteiger partial charge in [-0.1, -0.05) is 11.3 Å². The summed E-state index contributed by atoms with van der Waals surface area (Å²) in [7, 11) is 0. The van der Waals surface area contributed by atoms with Crippen molar-refractivity contribution in [1.29, 1.82) is 0 Å². The first-order chi connectivity index (χ1) is 9.19. The van der Waals surface area contributed by atoms with Crippen molar-refractivity contribution in [2.24, 2.45) is 5.92 Å². The minimum atomic E-state index is 0.0620. The van der Waals surface area contributed by atoms with Gasteiger partial charge in [0.2, 0.25) is 5.91 Å². The van der Waals surface area contributed by atoms with Crippen molar-refractivity contribution in [3.8, 4) is 0 Å². The van der Waals surface area contributed by atoms with Crippen molar-refractivity contribution < 1.29 is 9.53 Å². The maximum Gasteiger partial charge on any atom is 0.226 e. The number of carbonyl (C=O) groups is 1. The van der Waals surface area contributed by atoms with Gasteiger partial charge >= 0.3 is 0 Å². The molecule has 1 aromatic rings. The first-order valence-electron chi connectivity index (χ1n) is 6.58. The van der Waals surface area contributed by atoms with Gasteiger partial charge in [0.15, 0.2) is 5.13 Å². The molecule has 0 bridgehead atoms. The second kappa shape index (κ2) is 7.26. The molecule has 2 rings (SSSR count). The molecule has 2 heterocycles. The Kier molecular flexibility index (Phi) is 5.66. The van der Waals surface area contributed by atoms with Gasteiger partial charge in [-0.05, 0) is 38.4 Å². The van der Waals surface area contributed by atoms with Gasteiger partial charge < -0.3 is 10.1 Å². The molecular formula is C13H20N2O2S2. The first kappa shape index (κ1) is 14.8. The van der Waals surface area contributed by atoms with E-state index in [-0.39, 0.29) is 5.91 Å². The Morgan fingerprint density at radius 2 is 2.47 bits per heavy atom. The summed E-state index contributed by atoms with van der Waals surface area (Å²) in [5, 5.41) is 3.61. The van der Waals surface area contributed by atoms with E-state index in [1.807, 2.05) is 13.2 Å². The number of nitrogens with one attached hydrogen (secondary N) is 1. The standard InChI is InChI=1S/C13H20N2O2S2/c1-9-12(18-2)19-13(14-9)15-11(16)6-5-10-4-3-7-17-8-10/h10H,3-8H2,1-2H3,(H,14,15,16). The number of nitrogens with zero attached hydrogens (tertiary/aromatic N) is 1. The third-order valence-corrected chi connectivity index (χ3v) is 5.50. The number of amides is 1. The maximum atomic E-state index is 11.9. The third-order valence-electron chi connectivity index (χ3n) is 3.22. The number of aryl methyl sites for hydroxylation is 1. The lowest BCUT2D eigenvalue weighted by molar-refractivity contribution is -0.116. The van der Waals surface area contributed by atoms with E-state index < -0.39 is 0 Å². The second-order valence-electron chi connectivity index (χ2n) is 4.77. The summed E-state index contributed by atoms with van der Waals surface area (Å²) in [5.74, 6) is 0.603. The fourth-order valence-electron chi connectivity index (χ4n) is 2.18. The second-order valence-corrected chi connectivity index (χ2v) is 6.84. The monoisotopic (exact) mass is 300 g/mol. The van der Waals surface area contributed by atoms with Crippen LogP contribution in [0.1, 0.15) is 31.4 Å². The molecule has 1 aromatic heterocycles. The smallest absolute Gasteiger partial charge is 0.226 e. The molecule has 0 radical (unpaired) electrons. The van der Waals surface area contributed by atoms with E-state index in [4.69, 9.17) is 4.74 Å². The predicted octanol–water partition coefficient (Wildman–Crippen LogP) is 3.32. The molecule has 1 fully saturated rings. The van der Waals surface area contributed by atoms with Crippen molar-refractivity contribution in [3.05, 3.63) is 5.69 Å². The molecule has 0 saturated carbocycles. The average molecular weight is 300 g/mol. The molecule has 1 amide bonds. The SMILES string of the molecule is CSc1sc(NC(=O)CCC2CCCOC2)nc1C. The Morgan fingerprint density at radius 1 is 1.63 bits per heavy atom. The Hall–Kier alpha value is -0.590. The van der Waals surface area contributed by atoms with Crippen LogP contribution in [0.25, 0.3) is 0 Å². The van der Waals surface area contributed by atoms with Gasteiger partial charge in [-0.25, -0.2) is 4.98 Å². The van der Waals surface area contributed by atoms with Gasteiger partial charge in [-0.2, -0.15) is 0 Å². The fourth-order valence-corrected chi connectivity index (χ4v) is 3.80. The van der Waals surface area contributed by atoms with Gasteiger partial charge in [-0.15, -0.1) is 11.8 Å². The lowest BCUT2D eigenvalue weighted by Gasteiger charge is -2.21. The molecule has 1 unspecified atom stereocenters. The molecule has 1 aliphatic rings. The highest BCUT2D eigenvalue weighted by molar-refractivity contribution is 8.00. The molecule has 6 heteroatoms. The van der Waals surface area contributed by atoms with Crippen LogP contribution in [0.2, 0.25) is 0 Å². The van der Waals surface area contributed by atoms with Crippen LogP contribution in [0.5, 0.6) is 0 Å². The summed E-state index contributed by atoms with van der Waals surface area (Å²) in [6.07, 6.45) is 5.79. The normalized spacial score (nSPS) is 19.4. The van der Waals surface area contributed by atoms with E-state index in [1.165, 1.54) is 6.42 Å². The maximum absolute atomic E-state index is 11.9. The fraction of sp³-hybridized carbons (Fsp3) is 0.692. The largest absolute Gasteiger partial charge is 0.381 e. The van der Waals surface area contributed by atoms with E-state index in [0.29, 0.717) is 17.5 Å². The molecule has 19 heavy (non-hydrogen) atoms. The molecular weight excluding hydrogens is 280 g/mol. The summed E-state index contributed by atoms with van der Waals surface area (Å²) in [5.41, 5.74) is 0.994. The van der Waals surface area contributed by atoms with Crippen molar-refractivity contribution in [2.75, 3.05) is 24.8 Å². The van der Waals surface area contributed by atoms with Crippen LogP contribution < -0.4 is 5.32 Å². The van der Waals surface area contributed by atoms with Gasteiger partial charge in [0.25, 0.3) is 0 Å². The number of hydrogen-bond acceptors (Lipinski definition) is 5. The summed E-state index contributed by atoms with van der Waals surface area (Å²) in [6, 6.07) is 0. The highest BCUT2D eigenvalue weighted by atomic mass is 32.2. The Labute approximate surface area is 122 Å². The summed E-state index contributed by atoms with van der Waals surface area (Å²) < 4.78 is 6.58. The van der Waals surface area contributed by atoms with Crippen LogP contribution >= 0.6 is 23.1 Å². The van der Waals surface area contributed by atoms with Gasteiger partial charge in [0.1, 0.15) is 0 Å². The van der Waals surface area contributed by atoms with Gasteiger partial charge in [-0.3, -0.25) is 4.79 Å². The van der Waals surface area contributed by atoms with E-state index in [9.17, 15) is 4.79 Å². The van der Waals surface area contributed by atoms with Crippen LogP contribution in [0.3, 0.4) is 0 Å². The molecule has 106 valence electrons. The summed E-state index contributed by atoms with van der Waals surface area (Å²) in [4.78, 5) is 16.2. The molecule has 4 nitrogen and oxygen atoms in total. The van der Waals surface area contributed by atoms with E-state index in [2.05, 4.69) is 10.3 Å². The minimum Gasteiger partial charge on any atom is -0.381 e. The molecule has 0 aliphatic carbocycles. The number of anilines is 1. The van der Waals surface area contributed by atoms with Gasteiger partial charge in [0, 0.05) is 19.6 Å². The molecule has 1 atom stereocenters. The zero-order chi connectivity index (χ0) is 13.7. The van der Waals surface area contributed by atoms with Crippen LogP contribution in [-0.2, 0) is 9.53 Å². The minimum absolute atomic E-state index is 0.0620. The summed E-state index contributed by atoms with van der Waals surface area (Å²) >= 11 is 3.21. The van der Waals surface area contributed by atoms with Crippen LogP contribution in [0.15, 0.2) is 4.21 Å². The Bertz CT molecular complexity index is 428. The Balaban J connectivity index is 1.76. The van der Waals surface area contributed by atoms with E-state index >= 15 is 0 Å². The zero-order valence-corrected chi connectivity index (χ0v) is 13.0. The van der Waals surface area contributed by atoms with Crippen LogP contribution in [-0.4, -0.2) is 30.4 Å². The quantitative estimate of drug-likeness (QED) is 0.848. The number of thiazole rings is 1. The first-order valence-corrected chi connectivity index (χ1v) is 8.62. The molecule has 1 aliphatic heterocycles. The van der Waals surface area contributed by atoms with Gasteiger partial charge in [0.05, 0.1) is 9.90 Å². The topological polar surface area (TPSA) is 51.2 Å². The summed E-state index contributed by atoms with van der Waals surface area (Å²) in [6.45, 7) is 3.65. The van der Waals surface area contributed by atoms with Crippen molar-refractivity contribution in [1.82, 2.24) is 4.98 Å². The number of thioether (sulfide) groups is 1. The third kappa shape index (κ3) is 4.47. The predicted molar refractivity (Wildman–Crippen MR) is 80.0 cm³/mol. The number of rotatable bonds is 5. The van der Waals surface area contributed by atoms with E-state index in [1.54, 1.807) is 23.1 Å². The van der Waals surface area contributed by atoms with Crippen LogP contribution in [0.4, 0.5) is 5.13 Å². The van der Waals surface area contributed by atoms with Crippen LogP contribution in [0, 0.1) is 12.8 Å². The number of hydrogen-bond donors (Lipinski definition) is 1. The highest BCUT2D eigenvalue weighted by Gasteiger charge is 2.16. The highest BCUT2D eigenvalue weighted by Crippen LogP contribution is 2.30. The molecule has 1 saturated heterocycles. The number of aromatic nitrogens is 1. The molecule has 0 spiro atoms. The van der Waals surface area contributed by atoms with Crippen molar-refractivity contribution in [3.63, 3.8) is 0 Å². The molecule has 0 aromatic carbocycles. The lowest BCUT2D eigenvalue weighted by atomic mass is 9.97. The zero-order valence-electron chi connectivity index (χ0n) is 11.4. The Morgan fingerprint density at radius 3 is 3.11 bits per heavy atom.